The molecule has 0 saturated carbocycles. The molecule has 1 rings (SSSR count). The number of rotatable bonds is 9. The standard InChI is InChI=1S/C17H29NO2/c1-6-17(4,13-18-14(2)3)11-12-20-16-9-7-15(19-5)8-10-16/h7-10,14,18H,6,11-13H2,1-5H3. The monoisotopic (exact) mass is 279 g/mol. The summed E-state index contributed by atoms with van der Waals surface area (Å²) < 4.78 is 11.0. The number of ether oxygens (including phenoxy) is 2. The van der Waals surface area contributed by atoms with Gasteiger partial charge in [0.05, 0.1) is 13.7 Å². The van der Waals surface area contributed by atoms with Crippen LogP contribution in [-0.4, -0.2) is 26.3 Å². The molecule has 0 bridgehead atoms. The van der Waals surface area contributed by atoms with Crippen LogP contribution < -0.4 is 14.8 Å². The lowest BCUT2D eigenvalue weighted by Gasteiger charge is -2.29. The van der Waals surface area contributed by atoms with Crippen LogP contribution in [0.2, 0.25) is 0 Å². The summed E-state index contributed by atoms with van der Waals surface area (Å²) in [6.07, 6.45) is 2.20. The van der Waals surface area contributed by atoms with E-state index in [1.165, 1.54) is 0 Å². The highest BCUT2D eigenvalue weighted by atomic mass is 16.5. The molecule has 3 heteroatoms. The van der Waals surface area contributed by atoms with Gasteiger partial charge in [0.25, 0.3) is 0 Å². The second kappa shape index (κ2) is 8.15. The Morgan fingerprint density at radius 3 is 2.25 bits per heavy atom. The Morgan fingerprint density at radius 2 is 1.75 bits per heavy atom. The zero-order chi connectivity index (χ0) is 15.0. The minimum atomic E-state index is 0.288. The molecular weight excluding hydrogens is 250 g/mol. The molecule has 1 N–H and O–H groups in total. The highest BCUT2D eigenvalue weighted by Crippen LogP contribution is 2.26. The zero-order valence-corrected chi connectivity index (χ0v) is 13.5. The quantitative estimate of drug-likeness (QED) is 0.744. The van der Waals surface area contributed by atoms with Crippen molar-refractivity contribution in [1.82, 2.24) is 5.32 Å². The van der Waals surface area contributed by atoms with E-state index in [-0.39, 0.29) is 5.41 Å². The van der Waals surface area contributed by atoms with Crippen LogP contribution in [0.15, 0.2) is 24.3 Å². The summed E-state index contributed by atoms with van der Waals surface area (Å²) in [5.74, 6) is 1.76. The van der Waals surface area contributed by atoms with Crippen molar-refractivity contribution in [1.29, 1.82) is 0 Å². The average Bonchev–Trinajstić information content (AvgIpc) is 2.46. The van der Waals surface area contributed by atoms with Crippen LogP contribution in [0.5, 0.6) is 11.5 Å². The summed E-state index contributed by atoms with van der Waals surface area (Å²) >= 11 is 0. The molecule has 1 atom stereocenters. The van der Waals surface area contributed by atoms with Gasteiger partial charge in [-0.3, -0.25) is 0 Å². The molecule has 0 saturated heterocycles. The van der Waals surface area contributed by atoms with E-state index in [4.69, 9.17) is 9.47 Å². The van der Waals surface area contributed by atoms with Gasteiger partial charge in [0.2, 0.25) is 0 Å². The third kappa shape index (κ3) is 5.83. The maximum Gasteiger partial charge on any atom is 0.119 e. The molecule has 0 aliphatic heterocycles. The minimum Gasteiger partial charge on any atom is -0.497 e. The molecule has 114 valence electrons. The molecule has 1 aromatic carbocycles. The fourth-order valence-electron chi connectivity index (χ4n) is 1.93. The minimum absolute atomic E-state index is 0.288. The lowest BCUT2D eigenvalue weighted by Crippen LogP contribution is -2.36. The maximum atomic E-state index is 5.83. The van der Waals surface area contributed by atoms with E-state index in [1.54, 1.807) is 7.11 Å². The molecule has 0 aliphatic rings. The summed E-state index contributed by atoms with van der Waals surface area (Å²) in [7, 11) is 1.67. The van der Waals surface area contributed by atoms with Crippen LogP contribution in [0.3, 0.4) is 0 Å². The SMILES string of the molecule is CCC(C)(CCOc1ccc(OC)cc1)CNC(C)C. The van der Waals surface area contributed by atoms with Crippen LogP contribution in [0.25, 0.3) is 0 Å². The second-order valence-corrected chi connectivity index (χ2v) is 5.97. The zero-order valence-electron chi connectivity index (χ0n) is 13.5. The van der Waals surface area contributed by atoms with Crippen LogP contribution in [-0.2, 0) is 0 Å². The van der Waals surface area contributed by atoms with E-state index in [2.05, 4.69) is 33.0 Å². The molecule has 0 aliphatic carbocycles. The fourth-order valence-corrected chi connectivity index (χ4v) is 1.93. The Hall–Kier alpha value is -1.22. The maximum absolute atomic E-state index is 5.83. The van der Waals surface area contributed by atoms with Crippen LogP contribution in [0, 0.1) is 5.41 Å². The number of methoxy groups -OCH3 is 1. The smallest absolute Gasteiger partial charge is 0.119 e. The third-order valence-corrected chi connectivity index (χ3v) is 3.82. The number of nitrogens with one attached hydrogen (secondary N) is 1. The molecule has 0 spiro atoms. The molecule has 0 heterocycles. The summed E-state index contributed by atoms with van der Waals surface area (Å²) in [6, 6.07) is 8.29. The molecule has 20 heavy (non-hydrogen) atoms. The fraction of sp³-hybridized carbons (Fsp3) is 0.647. The first-order valence-corrected chi connectivity index (χ1v) is 7.49. The summed E-state index contributed by atoms with van der Waals surface area (Å²) in [6.45, 7) is 10.7. The van der Waals surface area contributed by atoms with E-state index < -0.39 is 0 Å². The molecule has 0 fully saturated rings. The van der Waals surface area contributed by atoms with Crippen LogP contribution >= 0.6 is 0 Å². The van der Waals surface area contributed by atoms with Crippen LogP contribution in [0.1, 0.15) is 40.5 Å². The van der Waals surface area contributed by atoms with Gasteiger partial charge in [-0.1, -0.05) is 27.7 Å². The van der Waals surface area contributed by atoms with Gasteiger partial charge in [-0.2, -0.15) is 0 Å². The van der Waals surface area contributed by atoms with Crippen molar-refractivity contribution < 1.29 is 9.47 Å². The predicted molar refractivity (Wildman–Crippen MR) is 84.6 cm³/mol. The Labute approximate surface area is 123 Å². The van der Waals surface area contributed by atoms with Crippen LogP contribution in [0.4, 0.5) is 0 Å². The molecule has 0 radical (unpaired) electrons. The second-order valence-electron chi connectivity index (χ2n) is 5.97. The van der Waals surface area contributed by atoms with Gasteiger partial charge in [0.15, 0.2) is 0 Å². The Bertz CT molecular complexity index is 375. The van der Waals surface area contributed by atoms with Crippen molar-refractivity contribution in [3.05, 3.63) is 24.3 Å². The highest BCUT2D eigenvalue weighted by Gasteiger charge is 2.22. The summed E-state index contributed by atoms with van der Waals surface area (Å²) in [5, 5.41) is 3.53. The van der Waals surface area contributed by atoms with Crippen molar-refractivity contribution in [3.63, 3.8) is 0 Å². The predicted octanol–water partition coefficient (Wildman–Crippen LogP) is 3.88. The van der Waals surface area contributed by atoms with Gasteiger partial charge in [-0.05, 0) is 42.5 Å². The first kappa shape index (κ1) is 16.8. The third-order valence-electron chi connectivity index (χ3n) is 3.82. The Morgan fingerprint density at radius 1 is 1.15 bits per heavy atom. The normalized spacial score (nSPS) is 14.1. The van der Waals surface area contributed by atoms with Crippen molar-refractivity contribution in [2.75, 3.05) is 20.3 Å². The molecule has 3 nitrogen and oxygen atoms in total. The average molecular weight is 279 g/mol. The van der Waals surface area contributed by atoms with Gasteiger partial charge in [-0.25, -0.2) is 0 Å². The molecule has 0 amide bonds. The van der Waals surface area contributed by atoms with Crippen molar-refractivity contribution in [2.45, 2.75) is 46.6 Å². The summed E-state index contributed by atoms with van der Waals surface area (Å²) in [4.78, 5) is 0. The largest absolute Gasteiger partial charge is 0.497 e. The topological polar surface area (TPSA) is 30.5 Å². The van der Waals surface area contributed by atoms with E-state index in [1.807, 2.05) is 24.3 Å². The Kier molecular flexibility index (Phi) is 6.86. The van der Waals surface area contributed by atoms with Crippen molar-refractivity contribution >= 4 is 0 Å². The van der Waals surface area contributed by atoms with Gasteiger partial charge in [-0.15, -0.1) is 0 Å². The lowest BCUT2D eigenvalue weighted by molar-refractivity contribution is 0.196. The molecule has 0 aromatic heterocycles. The van der Waals surface area contributed by atoms with Gasteiger partial charge >= 0.3 is 0 Å². The lowest BCUT2D eigenvalue weighted by atomic mass is 9.84. The van der Waals surface area contributed by atoms with Crippen molar-refractivity contribution in [3.8, 4) is 11.5 Å². The summed E-state index contributed by atoms with van der Waals surface area (Å²) in [5.41, 5.74) is 0.288. The number of benzene rings is 1. The number of hydrogen-bond acceptors (Lipinski definition) is 3. The first-order chi connectivity index (χ1) is 9.49. The Balaban J connectivity index is 2.39. The van der Waals surface area contributed by atoms with E-state index in [0.717, 1.165) is 37.5 Å². The first-order valence-electron chi connectivity index (χ1n) is 7.49. The van der Waals surface area contributed by atoms with E-state index in [9.17, 15) is 0 Å². The van der Waals surface area contributed by atoms with Gasteiger partial charge in [0, 0.05) is 12.6 Å². The van der Waals surface area contributed by atoms with Gasteiger partial charge in [0.1, 0.15) is 11.5 Å². The van der Waals surface area contributed by atoms with Crippen molar-refractivity contribution in [2.24, 2.45) is 5.41 Å². The molecule has 1 unspecified atom stereocenters. The number of hydrogen-bond donors (Lipinski definition) is 1. The van der Waals surface area contributed by atoms with E-state index >= 15 is 0 Å². The molecule has 1 aromatic rings. The van der Waals surface area contributed by atoms with Gasteiger partial charge < -0.3 is 14.8 Å². The molecular formula is C17H29NO2. The highest BCUT2D eigenvalue weighted by molar-refractivity contribution is 5.31. The van der Waals surface area contributed by atoms with E-state index in [0.29, 0.717) is 6.04 Å².